The third-order valence-corrected chi connectivity index (χ3v) is 4.11. The van der Waals surface area contributed by atoms with Crippen molar-refractivity contribution in [1.82, 2.24) is 5.32 Å². The zero-order valence-corrected chi connectivity index (χ0v) is 15.9. The molecule has 0 heterocycles. The van der Waals surface area contributed by atoms with Crippen LogP contribution >= 0.6 is 11.8 Å². The third kappa shape index (κ3) is 7.55. The maximum Gasteiger partial charge on any atom is 0.408 e. The molecule has 0 fully saturated rings. The fourth-order valence-electron chi connectivity index (χ4n) is 1.88. The summed E-state index contributed by atoms with van der Waals surface area (Å²) in [6.07, 6.45) is -0.748. The normalized spacial score (nSPS) is 12.2. The van der Waals surface area contributed by atoms with Crippen molar-refractivity contribution >= 4 is 23.8 Å². The number of hydrogen-bond donors (Lipinski definition) is 2. The number of benzene rings is 1. The fourth-order valence-corrected chi connectivity index (χ4v) is 2.92. The summed E-state index contributed by atoms with van der Waals surface area (Å²) in [5.74, 6) is 0.968. The van der Waals surface area contributed by atoms with Gasteiger partial charge in [-0.3, -0.25) is 0 Å². The Hall–Kier alpha value is -2.09. The molecular formula is C17H25NO6S. The van der Waals surface area contributed by atoms with Crippen LogP contribution in [0, 0.1) is 0 Å². The summed E-state index contributed by atoms with van der Waals surface area (Å²) in [7, 11) is 3.13. The number of carbonyl (C=O) groups is 2. The Morgan fingerprint density at radius 1 is 1.24 bits per heavy atom. The van der Waals surface area contributed by atoms with Crippen molar-refractivity contribution in [1.29, 1.82) is 0 Å². The van der Waals surface area contributed by atoms with Gasteiger partial charge in [-0.25, -0.2) is 9.59 Å². The lowest BCUT2D eigenvalue weighted by atomic mass is 10.2. The highest BCUT2D eigenvalue weighted by molar-refractivity contribution is 7.98. The third-order valence-electron chi connectivity index (χ3n) is 3.03. The van der Waals surface area contributed by atoms with Crippen molar-refractivity contribution in [2.24, 2.45) is 0 Å². The van der Waals surface area contributed by atoms with E-state index in [9.17, 15) is 14.7 Å². The van der Waals surface area contributed by atoms with E-state index in [0.717, 1.165) is 5.56 Å². The van der Waals surface area contributed by atoms with Crippen molar-refractivity contribution in [2.45, 2.75) is 38.2 Å². The number of carboxylic acids is 1. The predicted molar refractivity (Wildman–Crippen MR) is 96.5 cm³/mol. The molecule has 0 aromatic heterocycles. The summed E-state index contributed by atoms with van der Waals surface area (Å²) in [6.45, 7) is 5.15. The number of alkyl carbamates (subject to hydrolysis) is 1. The Labute approximate surface area is 152 Å². The van der Waals surface area contributed by atoms with E-state index in [1.54, 1.807) is 41.1 Å². The molecule has 0 unspecified atom stereocenters. The van der Waals surface area contributed by atoms with E-state index in [1.807, 2.05) is 12.1 Å². The average molecular weight is 371 g/mol. The van der Waals surface area contributed by atoms with E-state index in [4.69, 9.17) is 14.2 Å². The molecule has 0 saturated heterocycles. The van der Waals surface area contributed by atoms with Gasteiger partial charge in [-0.2, -0.15) is 11.8 Å². The second kappa shape index (κ2) is 9.41. The number of thioether (sulfide) groups is 1. The quantitative estimate of drug-likeness (QED) is 0.725. The molecule has 0 radical (unpaired) electrons. The second-order valence-electron chi connectivity index (χ2n) is 6.23. The van der Waals surface area contributed by atoms with Gasteiger partial charge in [0.15, 0.2) is 0 Å². The Balaban J connectivity index is 2.61. The summed E-state index contributed by atoms with van der Waals surface area (Å²) in [4.78, 5) is 23.1. The summed E-state index contributed by atoms with van der Waals surface area (Å²) in [6, 6.07) is 4.40. The van der Waals surface area contributed by atoms with Crippen LogP contribution < -0.4 is 14.8 Å². The van der Waals surface area contributed by atoms with Gasteiger partial charge in [0.2, 0.25) is 0 Å². The minimum Gasteiger partial charge on any atom is -0.497 e. The monoisotopic (exact) mass is 371 g/mol. The molecule has 140 valence electrons. The summed E-state index contributed by atoms with van der Waals surface area (Å²) < 4.78 is 15.5. The number of hydrogen-bond acceptors (Lipinski definition) is 6. The molecule has 0 spiro atoms. The first-order valence-electron chi connectivity index (χ1n) is 7.67. The second-order valence-corrected chi connectivity index (χ2v) is 7.26. The Morgan fingerprint density at radius 2 is 1.92 bits per heavy atom. The van der Waals surface area contributed by atoms with Crippen LogP contribution in [-0.4, -0.2) is 48.8 Å². The number of nitrogens with one attached hydrogen (secondary N) is 1. The summed E-state index contributed by atoms with van der Waals surface area (Å²) in [5, 5.41) is 11.6. The average Bonchev–Trinajstić information content (AvgIpc) is 2.52. The highest BCUT2D eigenvalue weighted by Crippen LogP contribution is 2.28. The van der Waals surface area contributed by atoms with Gasteiger partial charge in [0, 0.05) is 23.1 Å². The van der Waals surface area contributed by atoms with E-state index in [0.29, 0.717) is 17.3 Å². The van der Waals surface area contributed by atoms with Gasteiger partial charge < -0.3 is 24.6 Å². The first kappa shape index (κ1) is 21.0. The molecule has 2 N–H and O–H groups in total. The van der Waals surface area contributed by atoms with Gasteiger partial charge in [-0.05, 0) is 26.8 Å². The molecule has 1 amide bonds. The summed E-state index contributed by atoms with van der Waals surface area (Å²) in [5.41, 5.74) is 0.228. The molecule has 1 rings (SSSR count). The number of carbonyl (C=O) groups excluding carboxylic acids is 1. The smallest absolute Gasteiger partial charge is 0.408 e. The first-order chi connectivity index (χ1) is 11.7. The largest absolute Gasteiger partial charge is 0.497 e. The zero-order chi connectivity index (χ0) is 19.0. The van der Waals surface area contributed by atoms with Crippen LogP contribution in [-0.2, 0) is 15.3 Å². The van der Waals surface area contributed by atoms with Gasteiger partial charge in [0.05, 0.1) is 14.2 Å². The zero-order valence-electron chi connectivity index (χ0n) is 15.1. The predicted octanol–water partition coefficient (Wildman–Crippen LogP) is 2.91. The molecule has 0 aliphatic rings. The molecule has 1 atom stereocenters. The Morgan fingerprint density at radius 3 is 2.44 bits per heavy atom. The standard InChI is InChI=1S/C17H25NO6S/c1-17(2,3)24-16(21)18-13(15(19)20)10-25-9-11-6-7-12(22-4)8-14(11)23-5/h6-8,13H,9-10H2,1-5H3,(H,18,21)(H,19,20)/t13-/m0/s1. The lowest BCUT2D eigenvalue weighted by molar-refractivity contribution is -0.138. The van der Waals surface area contributed by atoms with Crippen molar-refractivity contribution in [2.75, 3.05) is 20.0 Å². The van der Waals surface area contributed by atoms with Gasteiger partial charge in [-0.1, -0.05) is 6.07 Å². The van der Waals surface area contributed by atoms with Gasteiger partial charge in [0.1, 0.15) is 23.1 Å². The first-order valence-corrected chi connectivity index (χ1v) is 8.82. The summed E-state index contributed by atoms with van der Waals surface area (Å²) >= 11 is 1.37. The van der Waals surface area contributed by atoms with Crippen LogP contribution in [0.1, 0.15) is 26.3 Å². The van der Waals surface area contributed by atoms with E-state index in [2.05, 4.69) is 5.32 Å². The lowest BCUT2D eigenvalue weighted by Gasteiger charge is -2.22. The molecular weight excluding hydrogens is 346 g/mol. The van der Waals surface area contributed by atoms with Gasteiger partial charge in [-0.15, -0.1) is 0 Å². The maximum atomic E-state index is 11.7. The van der Waals surface area contributed by atoms with E-state index < -0.39 is 23.7 Å². The highest BCUT2D eigenvalue weighted by atomic mass is 32.2. The molecule has 0 saturated carbocycles. The van der Waals surface area contributed by atoms with Crippen LogP contribution in [0.25, 0.3) is 0 Å². The minimum atomic E-state index is -1.11. The van der Waals surface area contributed by atoms with Crippen molar-refractivity contribution in [3.8, 4) is 11.5 Å². The minimum absolute atomic E-state index is 0.198. The van der Waals surface area contributed by atoms with Crippen LogP contribution in [0.15, 0.2) is 18.2 Å². The fraction of sp³-hybridized carbons (Fsp3) is 0.529. The van der Waals surface area contributed by atoms with Crippen LogP contribution in [0.3, 0.4) is 0 Å². The van der Waals surface area contributed by atoms with E-state index >= 15 is 0 Å². The van der Waals surface area contributed by atoms with Crippen molar-refractivity contribution in [3.63, 3.8) is 0 Å². The molecule has 25 heavy (non-hydrogen) atoms. The SMILES string of the molecule is COc1ccc(CSC[C@H](NC(=O)OC(C)(C)C)C(=O)O)c(OC)c1. The molecule has 1 aromatic carbocycles. The lowest BCUT2D eigenvalue weighted by Crippen LogP contribution is -2.44. The highest BCUT2D eigenvalue weighted by Gasteiger charge is 2.24. The molecule has 0 aliphatic carbocycles. The van der Waals surface area contributed by atoms with Crippen LogP contribution in [0.2, 0.25) is 0 Å². The maximum absolute atomic E-state index is 11.7. The molecule has 0 aliphatic heterocycles. The Kier molecular flexibility index (Phi) is 7.89. The number of amides is 1. The molecule has 1 aromatic rings. The number of rotatable bonds is 8. The molecule has 0 bridgehead atoms. The topological polar surface area (TPSA) is 94.1 Å². The van der Waals surface area contributed by atoms with Crippen molar-refractivity contribution < 1.29 is 28.9 Å². The van der Waals surface area contributed by atoms with Crippen LogP contribution in [0.5, 0.6) is 11.5 Å². The number of aliphatic carboxylic acids is 1. The van der Waals surface area contributed by atoms with Gasteiger partial charge >= 0.3 is 12.1 Å². The van der Waals surface area contributed by atoms with E-state index in [1.165, 1.54) is 11.8 Å². The molecule has 8 heteroatoms. The van der Waals surface area contributed by atoms with Crippen LogP contribution in [0.4, 0.5) is 4.79 Å². The number of ether oxygens (including phenoxy) is 3. The Bertz CT molecular complexity index is 599. The number of methoxy groups -OCH3 is 2. The van der Waals surface area contributed by atoms with Crippen molar-refractivity contribution in [3.05, 3.63) is 23.8 Å². The molecule has 7 nitrogen and oxygen atoms in total. The number of carboxylic acid groups (broad SMARTS) is 1. The van der Waals surface area contributed by atoms with Gasteiger partial charge in [0.25, 0.3) is 0 Å². The van der Waals surface area contributed by atoms with E-state index in [-0.39, 0.29) is 5.75 Å².